The zero-order valence-electron chi connectivity index (χ0n) is 11.5. The summed E-state index contributed by atoms with van der Waals surface area (Å²) in [5.74, 6) is -1.09. The topological polar surface area (TPSA) is 87.6 Å². The highest BCUT2D eigenvalue weighted by Gasteiger charge is 2.16. The zero-order valence-corrected chi connectivity index (χ0v) is 12.3. The number of nitrogens with zero attached hydrogens (tertiary/aromatic N) is 2. The third-order valence-corrected chi connectivity index (χ3v) is 4.78. The predicted molar refractivity (Wildman–Crippen MR) is 77.5 cm³/mol. The van der Waals surface area contributed by atoms with Crippen LogP contribution in [-0.2, 0) is 10.0 Å². The van der Waals surface area contributed by atoms with Gasteiger partial charge in [-0.25, -0.2) is 22.5 Å². The van der Waals surface area contributed by atoms with Crippen molar-refractivity contribution in [1.29, 1.82) is 0 Å². The minimum Gasteiger partial charge on any atom is -0.477 e. The van der Waals surface area contributed by atoms with Crippen molar-refractivity contribution in [2.24, 2.45) is 0 Å². The number of rotatable bonds is 4. The predicted octanol–water partition coefficient (Wildman–Crippen LogP) is 1.70. The highest BCUT2D eigenvalue weighted by Crippen LogP contribution is 2.21. The van der Waals surface area contributed by atoms with Crippen LogP contribution < -0.4 is 0 Å². The van der Waals surface area contributed by atoms with Gasteiger partial charge in [0, 0.05) is 25.9 Å². The van der Waals surface area contributed by atoms with Gasteiger partial charge in [-0.15, -0.1) is 0 Å². The summed E-state index contributed by atoms with van der Waals surface area (Å²) in [4.78, 5) is 14.8. The van der Waals surface area contributed by atoms with E-state index in [-0.39, 0.29) is 10.6 Å². The summed E-state index contributed by atoms with van der Waals surface area (Å²) < 4.78 is 25.0. The number of benzene rings is 1. The highest BCUT2D eigenvalue weighted by molar-refractivity contribution is 7.89. The van der Waals surface area contributed by atoms with Gasteiger partial charge in [0.2, 0.25) is 10.0 Å². The number of aromatic carboxylic acids is 1. The quantitative estimate of drug-likeness (QED) is 0.929. The third-order valence-electron chi connectivity index (χ3n) is 2.95. The van der Waals surface area contributed by atoms with Crippen LogP contribution in [0.5, 0.6) is 0 Å². The first-order valence-corrected chi connectivity index (χ1v) is 7.48. The first-order chi connectivity index (χ1) is 9.82. The molecule has 110 valence electrons. The molecule has 6 nitrogen and oxygen atoms in total. The van der Waals surface area contributed by atoms with Crippen molar-refractivity contribution in [2.75, 3.05) is 14.1 Å². The summed E-state index contributed by atoms with van der Waals surface area (Å²) in [6, 6.07) is 9.38. The lowest BCUT2D eigenvalue weighted by atomic mass is 10.1. The Balaban J connectivity index is 2.33. The lowest BCUT2D eigenvalue weighted by Crippen LogP contribution is -2.22. The van der Waals surface area contributed by atoms with Gasteiger partial charge in [0.15, 0.2) is 0 Å². The molecule has 0 bridgehead atoms. The molecule has 1 aromatic heterocycles. The van der Waals surface area contributed by atoms with Crippen molar-refractivity contribution in [2.45, 2.75) is 4.90 Å². The Bertz CT molecular complexity index is 751. The molecule has 1 aromatic carbocycles. The molecule has 0 unspecified atom stereocenters. The van der Waals surface area contributed by atoms with E-state index < -0.39 is 16.0 Å². The highest BCUT2D eigenvalue weighted by atomic mass is 32.2. The molecule has 0 spiro atoms. The molecule has 2 rings (SSSR count). The van der Waals surface area contributed by atoms with E-state index in [0.717, 1.165) is 9.87 Å². The third kappa shape index (κ3) is 3.09. The van der Waals surface area contributed by atoms with Crippen LogP contribution >= 0.6 is 0 Å². The smallest absolute Gasteiger partial charge is 0.354 e. The van der Waals surface area contributed by atoms with Crippen LogP contribution in [0.15, 0.2) is 47.5 Å². The van der Waals surface area contributed by atoms with E-state index >= 15 is 0 Å². The molecule has 0 saturated carbocycles. The summed E-state index contributed by atoms with van der Waals surface area (Å²) in [6.07, 6.45) is 1.44. The number of pyridine rings is 1. The maximum atomic E-state index is 11.9. The second kappa shape index (κ2) is 5.63. The summed E-state index contributed by atoms with van der Waals surface area (Å²) in [7, 11) is -0.514. The largest absolute Gasteiger partial charge is 0.477 e. The van der Waals surface area contributed by atoms with Crippen molar-refractivity contribution in [3.63, 3.8) is 0 Å². The molecule has 0 radical (unpaired) electrons. The van der Waals surface area contributed by atoms with Crippen LogP contribution in [0.2, 0.25) is 0 Å². The second-order valence-corrected chi connectivity index (χ2v) is 6.70. The van der Waals surface area contributed by atoms with Crippen LogP contribution in [0.1, 0.15) is 10.5 Å². The minimum atomic E-state index is -3.45. The van der Waals surface area contributed by atoms with Crippen LogP contribution in [0.25, 0.3) is 11.1 Å². The molecule has 21 heavy (non-hydrogen) atoms. The molecule has 7 heteroatoms. The van der Waals surface area contributed by atoms with Gasteiger partial charge in [-0.05, 0) is 23.8 Å². The molecule has 1 N–H and O–H groups in total. The SMILES string of the molecule is CN(C)S(=O)(=O)c1ccc(-c2ccc(C(=O)O)nc2)cc1. The maximum absolute atomic E-state index is 11.9. The first-order valence-electron chi connectivity index (χ1n) is 6.04. The van der Waals surface area contributed by atoms with E-state index in [1.807, 2.05) is 0 Å². The Morgan fingerprint density at radius 3 is 2.05 bits per heavy atom. The van der Waals surface area contributed by atoms with Gasteiger partial charge in [0.1, 0.15) is 5.69 Å². The van der Waals surface area contributed by atoms with Crippen molar-refractivity contribution < 1.29 is 18.3 Å². The number of hydrogen-bond donors (Lipinski definition) is 1. The Hall–Kier alpha value is -2.25. The summed E-state index contributed by atoms with van der Waals surface area (Å²) in [6.45, 7) is 0. The molecule has 0 aliphatic carbocycles. The van der Waals surface area contributed by atoms with Crippen molar-refractivity contribution >= 4 is 16.0 Å². The van der Waals surface area contributed by atoms with E-state index in [1.165, 1.54) is 38.5 Å². The van der Waals surface area contributed by atoms with Crippen LogP contribution in [0.4, 0.5) is 0 Å². The van der Waals surface area contributed by atoms with Gasteiger partial charge < -0.3 is 5.11 Å². The zero-order chi connectivity index (χ0) is 15.6. The van der Waals surface area contributed by atoms with E-state index in [4.69, 9.17) is 5.11 Å². The molecule has 0 fully saturated rings. The Labute approximate surface area is 122 Å². The number of carbonyl (C=O) groups is 1. The van der Waals surface area contributed by atoms with E-state index in [9.17, 15) is 13.2 Å². The molecule has 0 aliphatic heterocycles. The summed E-state index contributed by atoms with van der Waals surface area (Å²) in [5.41, 5.74) is 1.44. The average molecular weight is 306 g/mol. The summed E-state index contributed by atoms with van der Waals surface area (Å²) >= 11 is 0. The van der Waals surface area contributed by atoms with E-state index in [2.05, 4.69) is 4.98 Å². The van der Waals surface area contributed by atoms with Gasteiger partial charge in [0.05, 0.1) is 4.90 Å². The number of carboxylic acids is 1. The standard InChI is InChI=1S/C14H14N2O4S/c1-16(2)21(19,20)12-6-3-10(4-7-12)11-5-8-13(14(17)18)15-9-11/h3-9H,1-2H3,(H,17,18). The van der Waals surface area contributed by atoms with Crippen molar-refractivity contribution in [3.05, 3.63) is 48.3 Å². The van der Waals surface area contributed by atoms with Crippen LogP contribution in [0, 0.1) is 0 Å². The maximum Gasteiger partial charge on any atom is 0.354 e. The van der Waals surface area contributed by atoms with Crippen molar-refractivity contribution in [3.8, 4) is 11.1 Å². The molecular weight excluding hydrogens is 292 g/mol. The van der Waals surface area contributed by atoms with Gasteiger partial charge >= 0.3 is 5.97 Å². The van der Waals surface area contributed by atoms with Crippen LogP contribution in [-0.4, -0.2) is 42.9 Å². The normalized spacial score (nSPS) is 11.6. The number of hydrogen-bond acceptors (Lipinski definition) is 4. The van der Waals surface area contributed by atoms with Gasteiger partial charge in [0.25, 0.3) is 0 Å². The van der Waals surface area contributed by atoms with Crippen molar-refractivity contribution in [1.82, 2.24) is 9.29 Å². The molecule has 0 amide bonds. The molecule has 2 aromatic rings. The Morgan fingerprint density at radius 1 is 1.05 bits per heavy atom. The van der Waals surface area contributed by atoms with E-state index in [0.29, 0.717) is 5.56 Å². The fraction of sp³-hybridized carbons (Fsp3) is 0.143. The Kier molecular flexibility index (Phi) is 4.06. The monoisotopic (exact) mass is 306 g/mol. The minimum absolute atomic E-state index is 0.0365. The second-order valence-electron chi connectivity index (χ2n) is 4.55. The molecule has 0 atom stereocenters. The fourth-order valence-electron chi connectivity index (χ4n) is 1.72. The average Bonchev–Trinajstić information content (AvgIpc) is 2.47. The molecular formula is C14H14N2O4S. The molecule has 0 saturated heterocycles. The molecule has 1 heterocycles. The van der Waals surface area contributed by atoms with Gasteiger partial charge in [-0.3, -0.25) is 0 Å². The fourth-order valence-corrected chi connectivity index (χ4v) is 2.62. The lowest BCUT2D eigenvalue weighted by molar-refractivity contribution is 0.0690. The Morgan fingerprint density at radius 2 is 1.62 bits per heavy atom. The van der Waals surface area contributed by atoms with Gasteiger partial charge in [-0.2, -0.15) is 0 Å². The van der Waals surface area contributed by atoms with E-state index in [1.54, 1.807) is 18.2 Å². The number of carboxylic acid groups (broad SMARTS) is 1. The van der Waals surface area contributed by atoms with Gasteiger partial charge in [-0.1, -0.05) is 18.2 Å². The number of sulfonamides is 1. The lowest BCUT2D eigenvalue weighted by Gasteiger charge is -2.11. The molecule has 0 aliphatic rings. The first kappa shape index (κ1) is 15.1. The summed E-state index contributed by atoms with van der Waals surface area (Å²) in [5, 5.41) is 8.79. The van der Waals surface area contributed by atoms with Crippen LogP contribution in [0.3, 0.4) is 0 Å². The number of aromatic nitrogens is 1.